The molecule has 0 aromatic heterocycles. The highest BCUT2D eigenvalue weighted by atomic mass is 16.3. The van der Waals surface area contributed by atoms with E-state index in [0.29, 0.717) is 12.1 Å². The molecule has 2 rings (SSSR count). The molecule has 0 bridgehead atoms. The van der Waals surface area contributed by atoms with Gasteiger partial charge in [0.1, 0.15) is 0 Å². The summed E-state index contributed by atoms with van der Waals surface area (Å²) in [5.74, 6) is -0.137. The molecule has 0 fully saturated rings. The van der Waals surface area contributed by atoms with Crippen molar-refractivity contribution in [1.29, 1.82) is 0 Å². The normalized spacial score (nSPS) is 16.8. The Kier molecular flexibility index (Phi) is 4.85. The molecule has 5 nitrogen and oxygen atoms in total. The molecule has 0 saturated carbocycles. The number of nitrogens with zero attached hydrogens (tertiary/aromatic N) is 1. The van der Waals surface area contributed by atoms with E-state index in [1.54, 1.807) is 6.92 Å². The molecule has 5 heteroatoms. The van der Waals surface area contributed by atoms with Crippen LogP contribution in [0.1, 0.15) is 29.3 Å². The molecule has 1 unspecified atom stereocenters. The third kappa shape index (κ3) is 4.44. The summed E-state index contributed by atoms with van der Waals surface area (Å²) in [5, 5.41) is 16.4. The lowest BCUT2D eigenvalue weighted by Gasteiger charge is -2.27. The molecule has 1 aliphatic rings. The molecule has 3 N–H and O–H groups in total. The first-order chi connectivity index (χ1) is 9.87. The molecule has 1 aromatic rings. The minimum Gasteiger partial charge on any atom is -0.387 e. The van der Waals surface area contributed by atoms with Crippen LogP contribution < -0.4 is 10.6 Å². The molecule has 21 heavy (non-hydrogen) atoms. The van der Waals surface area contributed by atoms with Crippen LogP contribution in [0.15, 0.2) is 18.2 Å². The van der Waals surface area contributed by atoms with Gasteiger partial charge in [-0.3, -0.25) is 4.79 Å². The first kappa shape index (κ1) is 15.8. The van der Waals surface area contributed by atoms with Gasteiger partial charge in [-0.15, -0.1) is 0 Å². The fourth-order valence-electron chi connectivity index (χ4n) is 2.73. The van der Waals surface area contributed by atoms with Crippen molar-refractivity contribution in [2.45, 2.75) is 25.4 Å². The smallest absolute Gasteiger partial charge is 0.251 e. The lowest BCUT2D eigenvalue weighted by Crippen LogP contribution is -2.47. The maximum atomic E-state index is 12.2. The van der Waals surface area contributed by atoms with Crippen molar-refractivity contribution in [2.24, 2.45) is 0 Å². The SMILES string of the molecule is CN(C)CC(C)(O)CNC(=O)c1ccc2c(c1)CCCN2. The molecule has 116 valence electrons. The summed E-state index contributed by atoms with van der Waals surface area (Å²) in [6.45, 7) is 3.46. The number of carbonyl (C=O) groups excluding carboxylic acids is 1. The molecule has 1 atom stereocenters. The maximum absolute atomic E-state index is 12.2. The van der Waals surface area contributed by atoms with Crippen molar-refractivity contribution in [2.75, 3.05) is 39.0 Å². The number of hydrogen-bond acceptors (Lipinski definition) is 4. The van der Waals surface area contributed by atoms with Crippen LogP contribution >= 0.6 is 0 Å². The van der Waals surface area contributed by atoms with Crippen molar-refractivity contribution >= 4 is 11.6 Å². The van der Waals surface area contributed by atoms with E-state index >= 15 is 0 Å². The number of benzene rings is 1. The van der Waals surface area contributed by atoms with E-state index in [1.165, 1.54) is 5.56 Å². The first-order valence-corrected chi connectivity index (χ1v) is 7.39. The largest absolute Gasteiger partial charge is 0.387 e. The second-order valence-electron chi connectivity index (χ2n) is 6.32. The van der Waals surface area contributed by atoms with E-state index in [2.05, 4.69) is 10.6 Å². The van der Waals surface area contributed by atoms with Crippen LogP contribution in [0.4, 0.5) is 5.69 Å². The molecule has 0 aliphatic carbocycles. The van der Waals surface area contributed by atoms with Gasteiger partial charge in [0, 0.05) is 30.9 Å². The number of nitrogens with one attached hydrogen (secondary N) is 2. The summed E-state index contributed by atoms with van der Waals surface area (Å²) in [4.78, 5) is 14.1. The average molecular weight is 291 g/mol. The van der Waals surface area contributed by atoms with Gasteiger partial charge in [0.05, 0.1) is 5.60 Å². The van der Waals surface area contributed by atoms with E-state index in [-0.39, 0.29) is 12.5 Å². The Balaban J connectivity index is 1.97. The summed E-state index contributed by atoms with van der Waals surface area (Å²) >= 11 is 0. The van der Waals surface area contributed by atoms with Gasteiger partial charge >= 0.3 is 0 Å². The lowest BCUT2D eigenvalue weighted by atomic mass is 10.0. The maximum Gasteiger partial charge on any atom is 0.251 e. The van der Waals surface area contributed by atoms with E-state index in [1.807, 2.05) is 37.2 Å². The predicted octanol–water partition coefficient (Wildman–Crippen LogP) is 1.09. The predicted molar refractivity (Wildman–Crippen MR) is 84.8 cm³/mol. The third-order valence-corrected chi connectivity index (χ3v) is 3.59. The van der Waals surface area contributed by atoms with Crippen LogP contribution in [0.5, 0.6) is 0 Å². The Morgan fingerprint density at radius 2 is 2.24 bits per heavy atom. The van der Waals surface area contributed by atoms with Crippen molar-refractivity contribution in [3.8, 4) is 0 Å². The van der Waals surface area contributed by atoms with Gasteiger partial charge < -0.3 is 20.6 Å². The van der Waals surface area contributed by atoms with Gasteiger partial charge in [-0.05, 0) is 57.6 Å². The molecule has 0 radical (unpaired) electrons. The number of fused-ring (bicyclic) bond motifs is 1. The zero-order valence-corrected chi connectivity index (χ0v) is 13.1. The number of hydrogen-bond donors (Lipinski definition) is 3. The van der Waals surface area contributed by atoms with E-state index in [0.717, 1.165) is 25.1 Å². The molecule has 0 saturated heterocycles. The Bertz CT molecular complexity index is 512. The van der Waals surface area contributed by atoms with Crippen LogP contribution in [0.2, 0.25) is 0 Å². The third-order valence-electron chi connectivity index (χ3n) is 3.59. The number of rotatable bonds is 5. The molecule has 1 heterocycles. The van der Waals surface area contributed by atoms with Crippen LogP contribution in [0.25, 0.3) is 0 Å². The number of carbonyl (C=O) groups is 1. The zero-order chi connectivity index (χ0) is 15.5. The second kappa shape index (κ2) is 6.45. The molecular formula is C16H25N3O2. The summed E-state index contributed by atoms with van der Waals surface area (Å²) in [5.41, 5.74) is 2.03. The number of anilines is 1. The Hall–Kier alpha value is -1.59. The van der Waals surface area contributed by atoms with Crippen molar-refractivity contribution in [3.05, 3.63) is 29.3 Å². The summed E-state index contributed by atoms with van der Waals surface area (Å²) < 4.78 is 0. The van der Waals surface area contributed by atoms with E-state index in [4.69, 9.17) is 0 Å². The van der Waals surface area contributed by atoms with Gasteiger partial charge in [-0.25, -0.2) is 0 Å². The van der Waals surface area contributed by atoms with Gasteiger partial charge in [-0.1, -0.05) is 0 Å². The summed E-state index contributed by atoms with van der Waals surface area (Å²) in [6.07, 6.45) is 2.09. The minimum absolute atomic E-state index is 0.137. The van der Waals surface area contributed by atoms with Crippen LogP contribution in [-0.4, -0.2) is 55.2 Å². The monoisotopic (exact) mass is 291 g/mol. The second-order valence-corrected chi connectivity index (χ2v) is 6.32. The van der Waals surface area contributed by atoms with Crippen LogP contribution in [0.3, 0.4) is 0 Å². The zero-order valence-electron chi connectivity index (χ0n) is 13.1. The number of likely N-dealkylation sites (N-methyl/N-ethyl adjacent to an activating group) is 1. The fourth-order valence-corrected chi connectivity index (χ4v) is 2.73. The molecule has 1 aliphatic heterocycles. The van der Waals surface area contributed by atoms with E-state index in [9.17, 15) is 9.90 Å². The summed E-state index contributed by atoms with van der Waals surface area (Å²) in [6, 6.07) is 5.73. The fraction of sp³-hybridized carbons (Fsp3) is 0.562. The highest BCUT2D eigenvalue weighted by Gasteiger charge is 2.22. The average Bonchev–Trinajstić information content (AvgIpc) is 2.43. The summed E-state index contributed by atoms with van der Waals surface area (Å²) in [7, 11) is 3.79. The van der Waals surface area contributed by atoms with Crippen LogP contribution in [0, 0.1) is 0 Å². The molecule has 0 spiro atoms. The highest BCUT2D eigenvalue weighted by Crippen LogP contribution is 2.22. The van der Waals surface area contributed by atoms with E-state index < -0.39 is 5.60 Å². The number of amides is 1. The molecular weight excluding hydrogens is 266 g/mol. The van der Waals surface area contributed by atoms with Crippen LogP contribution in [-0.2, 0) is 6.42 Å². The first-order valence-electron chi connectivity index (χ1n) is 7.39. The topological polar surface area (TPSA) is 64.6 Å². The minimum atomic E-state index is -0.936. The van der Waals surface area contributed by atoms with Crippen molar-refractivity contribution in [1.82, 2.24) is 10.2 Å². The number of aryl methyl sites for hydroxylation is 1. The van der Waals surface area contributed by atoms with Crippen molar-refractivity contribution < 1.29 is 9.90 Å². The standard InChI is InChI=1S/C16H25N3O2/c1-16(21,11-19(2)3)10-18-15(20)13-6-7-14-12(9-13)5-4-8-17-14/h6-7,9,17,21H,4-5,8,10-11H2,1-3H3,(H,18,20). The Morgan fingerprint density at radius 1 is 1.48 bits per heavy atom. The highest BCUT2D eigenvalue weighted by molar-refractivity contribution is 5.95. The van der Waals surface area contributed by atoms with Gasteiger partial charge in [0.15, 0.2) is 0 Å². The Morgan fingerprint density at radius 3 is 2.95 bits per heavy atom. The van der Waals surface area contributed by atoms with Crippen molar-refractivity contribution in [3.63, 3.8) is 0 Å². The molecule has 1 aromatic carbocycles. The Labute approximate surface area is 126 Å². The quantitative estimate of drug-likeness (QED) is 0.760. The van der Waals surface area contributed by atoms with Gasteiger partial charge in [0.2, 0.25) is 0 Å². The number of aliphatic hydroxyl groups is 1. The van der Waals surface area contributed by atoms with Gasteiger partial charge in [-0.2, -0.15) is 0 Å². The lowest BCUT2D eigenvalue weighted by molar-refractivity contribution is 0.0326. The molecule has 1 amide bonds. The van der Waals surface area contributed by atoms with Gasteiger partial charge in [0.25, 0.3) is 5.91 Å².